The summed E-state index contributed by atoms with van der Waals surface area (Å²) in [6.45, 7) is 3.44. The fourth-order valence-corrected chi connectivity index (χ4v) is 3.97. The molecular weight excluding hydrogens is 426 g/mol. The van der Waals surface area contributed by atoms with Gasteiger partial charge < -0.3 is 10.2 Å². The summed E-state index contributed by atoms with van der Waals surface area (Å²) in [5, 5.41) is 3.16. The molecule has 30 heavy (non-hydrogen) atoms. The van der Waals surface area contributed by atoms with Crippen molar-refractivity contribution in [3.63, 3.8) is 0 Å². The first kappa shape index (κ1) is 23.7. The first-order valence-corrected chi connectivity index (χ1v) is 11.7. The van der Waals surface area contributed by atoms with Crippen molar-refractivity contribution in [2.45, 2.75) is 26.4 Å². The van der Waals surface area contributed by atoms with Gasteiger partial charge in [0, 0.05) is 18.1 Å². The zero-order chi connectivity index (χ0) is 22.3. The molecule has 2 amide bonds. The molecule has 0 aliphatic carbocycles. The minimum absolute atomic E-state index is 0.0726. The van der Waals surface area contributed by atoms with Crippen LogP contribution in [-0.4, -0.2) is 50.5 Å². The van der Waals surface area contributed by atoms with Gasteiger partial charge in [0.25, 0.3) is 0 Å². The van der Waals surface area contributed by atoms with Crippen LogP contribution in [0.1, 0.15) is 19.4 Å². The van der Waals surface area contributed by atoms with E-state index < -0.39 is 28.5 Å². The highest BCUT2D eigenvalue weighted by Gasteiger charge is 2.30. The molecule has 162 valence electrons. The molecule has 9 heteroatoms. The molecule has 2 aromatic rings. The van der Waals surface area contributed by atoms with Gasteiger partial charge in [-0.2, -0.15) is 0 Å². The van der Waals surface area contributed by atoms with E-state index in [-0.39, 0.29) is 12.5 Å². The van der Waals surface area contributed by atoms with Crippen LogP contribution in [0.25, 0.3) is 0 Å². The van der Waals surface area contributed by atoms with E-state index in [2.05, 4.69) is 5.32 Å². The van der Waals surface area contributed by atoms with Crippen LogP contribution >= 0.6 is 11.6 Å². The van der Waals surface area contributed by atoms with E-state index in [1.165, 1.54) is 4.90 Å². The van der Waals surface area contributed by atoms with Gasteiger partial charge in [-0.15, -0.1) is 0 Å². The predicted molar refractivity (Wildman–Crippen MR) is 119 cm³/mol. The third kappa shape index (κ3) is 6.21. The van der Waals surface area contributed by atoms with Crippen molar-refractivity contribution in [1.29, 1.82) is 0 Å². The van der Waals surface area contributed by atoms with E-state index >= 15 is 0 Å². The standard InChI is InChI=1S/C21H26ClN3O4S/c1-4-23-21(27)16(2)24(14-17-10-8-9-13-19(17)22)20(26)15-25(30(3,28)29)18-11-6-5-7-12-18/h5-13,16H,4,14-15H2,1-3H3,(H,23,27)/t16-/m1/s1. The number of halogens is 1. The Morgan fingerprint density at radius 2 is 1.67 bits per heavy atom. The Balaban J connectivity index is 2.37. The van der Waals surface area contributed by atoms with Crippen molar-refractivity contribution in [3.8, 4) is 0 Å². The lowest BCUT2D eigenvalue weighted by Gasteiger charge is -2.31. The minimum atomic E-state index is -3.72. The molecule has 0 aliphatic rings. The maximum absolute atomic E-state index is 13.2. The average Bonchev–Trinajstić information content (AvgIpc) is 2.70. The van der Waals surface area contributed by atoms with E-state index in [9.17, 15) is 18.0 Å². The zero-order valence-electron chi connectivity index (χ0n) is 17.2. The lowest BCUT2D eigenvalue weighted by atomic mass is 10.1. The first-order valence-electron chi connectivity index (χ1n) is 9.48. The second kappa shape index (κ2) is 10.4. The topological polar surface area (TPSA) is 86.8 Å². The minimum Gasteiger partial charge on any atom is -0.355 e. The Hall–Kier alpha value is -2.58. The van der Waals surface area contributed by atoms with Crippen LogP contribution in [-0.2, 0) is 26.2 Å². The molecule has 0 heterocycles. The second-order valence-corrected chi connectivity index (χ2v) is 9.10. The third-order valence-electron chi connectivity index (χ3n) is 4.54. The number of rotatable bonds is 9. The normalized spacial score (nSPS) is 12.1. The average molecular weight is 452 g/mol. The number of hydrogen-bond donors (Lipinski definition) is 1. The lowest BCUT2D eigenvalue weighted by Crippen LogP contribution is -2.51. The first-order chi connectivity index (χ1) is 14.1. The summed E-state index contributed by atoms with van der Waals surface area (Å²) in [5.41, 5.74) is 1.03. The summed E-state index contributed by atoms with van der Waals surface area (Å²) >= 11 is 6.25. The SMILES string of the molecule is CCNC(=O)[C@@H](C)N(Cc1ccccc1Cl)C(=O)CN(c1ccccc1)S(C)(=O)=O. The molecule has 2 rings (SSSR count). The Labute approximate surface area is 182 Å². The molecule has 0 fully saturated rings. The Kier molecular flexibility index (Phi) is 8.25. The van der Waals surface area contributed by atoms with E-state index in [1.807, 2.05) is 0 Å². The number of carbonyl (C=O) groups is 2. The zero-order valence-corrected chi connectivity index (χ0v) is 18.8. The van der Waals surface area contributed by atoms with Crippen LogP contribution in [0.4, 0.5) is 5.69 Å². The van der Waals surface area contributed by atoms with E-state index in [0.717, 1.165) is 10.6 Å². The quantitative estimate of drug-likeness (QED) is 0.635. The summed E-state index contributed by atoms with van der Waals surface area (Å²) in [5.74, 6) is -0.841. The summed E-state index contributed by atoms with van der Waals surface area (Å²) in [7, 11) is -3.72. The van der Waals surface area contributed by atoms with Crippen LogP contribution in [0.2, 0.25) is 5.02 Å². The van der Waals surface area contributed by atoms with Gasteiger partial charge in [0.1, 0.15) is 12.6 Å². The summed E-state index contributed by atoms with van der Waals surface area (Å²) in [6.07, 6.45) is 1.04. The van der Waals surface area contributed by atoms with Crippen molar-refractivity contribution < 1.29 is 18.0 Å². The Bertz CT molecular complexity index is 983. The highest BCUT2D eigenvalue weighted by Crippen LogP contribution is 2.21. The lowest BCUT2D eigenvalue weighted by molar-refractivity contribution is -0.139. The molecule has 0 spiro atoms. The van der Waals surface area contributed by atoms with Gasteiger partial charge in [0.15, 0.2) is 0 Å². The van der Waals surface area contributed by atoms with Gasteiger partial charge in [-0.3, -0.25) is 13.9 Å². The smallest absolute Gasteiger partial charge is 0.244 e. The summed E-state index contributed by atoms with van der Waals surface area (Å²) in [4.78, 5) is 27.0. The molecule has 0 saturated carbocycles. The van der Waals surface area contributed by atoms with Crippen molar-refractivity contribution in [2.75, 3.05) is 23.7 Å². The molecular formula is C21H26ClN3O4S. The molecule has 1 atom stereocenters. The largest absolute Gasteiger partial charge is 0.355 e. The Morgan fingerprint density at radius 3 is 2.23 bits per heavy atom. The number of amides is 2. The van der Waals surface area contributed by atoms with E-state index in [0.29, 0.717) is 22.8 Å². The fraction of sp³-hybridized carbons (Fsp3) is 0.333. The number of carbonyl (C=O) groups excluding carboxylic acids is 2. The predicted octanol–water partition coefficient (Wildman–Crippen LogP) is 2.66. The molecule has 0 aromatic heterocycles. The molecule has 2 aromatic carbocycles. The third-order valence-corrected chi connectivity index (χ3v) is 6.05. The van der Waals surface area contributed by atoms with Gasteiger partial charge in [0.05, 0.1) is 11.9 Å². The number of likely N-dealkylation sites (N-methyl/N-ethyl adjacent to an activating group) is 1. The molecule has 1 N–H and O–H groups in total. The number of nitrogens with one attached hydrogen (secondary N) is 1. The number of para-hydroxylation sites is 1. The maximum Gasteiger partial charge on any atom is 0.244 e. The van der Waals surface area contributed by atoms with Crippen LogP contribution in [0, 0.1) is 0 Å². The number of sulfonamides is 1. The molecule has 0 unspecified atom stereocenters. The summed E-state index contributed by atoms with van der Waals surface area (Å²) in [6, 6.07) is 14.6. The Morgan fingerprint density at radius 1 is 1.07 bits per heavy atom. The highest BCUT2D eigenvalue weighted by molar-refractivity contribution is 7.92. The second-order valence-electron chi connectivity index (χ2n) is 6.79. The molecule has 0 bridgehead atoms. The molecule has 7 nitrogen and oxygen atoms in total. The molecule has 0 saturated heterocycles. The van der Waals surface area contributed by atoms with Crippen molar-refractivity contribution >= 4 is 39.1 Å². The van der Waals surface area contributed by atoms with Crippen LogP contribution in [0.3, 0.4) is 0 Å². The molecule has 0 radical (unpaired) electrons. The van der Waals surface area contributed by atoms with Gasteiger partial charge in [-0.1, -0.05) is 48.0 Å². The van der Waals surface area contributed by atoms with Crippen LogP contribution in [0.15, 0.2) is 54.6 Å². The van der Waals surface area contributed by atoms with Crippen molar-refractivity contribution in [2.24, 2.45) is 0 Å². The van der Waals surface area contributed by atoms with Crippen molar-refractivity contribution in [1.82, 2.24) is 10.2 Å². The summed E-state index contributed by atoms with van der Waals surface area (Å²) < 4.78 is 25.8. The van der Waals surface area contributed by atoms with Gasteiger partial charge in [-0.05, 0) is 37.6 Å². The fourth-order valence-electron chi connectivity index (χ4n) is 2.92. The van der Waals surface area contributed by atoms with Crippen LogP contribution < -0.4 is 9.62 Å². The van der Waals surface area contributed by atoms with E-state index in [1.54, 1.807) is 68.4 Å². The van der Waals surface area contributed by atoms with Gasteiger partial charge in [0.2, 0.25) is 21.8 Å². The van der Waals surface area contributed by atoms with Crippen LogP contribution in [0.5, 0.6) is 0 Å². The van der Waals surface area contributed by atoms with E-state index in [4.69, 9.17) is 11.6 Å². The highest BCUT2D eigenvalue weighted by atomic mass is 35.5. The number of benzene rings is 2. The maximum atomic E-state index is 13.2. The van der Waals surface area contributed by atoms with Gasteiger partial charge in [-0.25, -0.2) is 8.42 Å². The number of nitrogens with zero attached hydrogens (tertiary/aromatic N) is 2. The number of anilines is 1. The van der Waals surface area contributed by atoms with Crippen molar-refractivity contribution in [3.05, 3.63) is 65.2 Å². The van der Waals surface area contributed by atoms with Gasteiger partial charge >= 0.3 is 0 Å². The monoisotopic (exact) mass is 451 g/mol. The number of hydrogen-bond acceptors (Lipinski definition) is 4. The molecule has 0 aliphatic heterocycles.